The molecular formula is C15H19N3OS. The van der Waals surface area contributed by atoms with Gasteiger partial charge in [-0.3, -0.25) is 4.79 Å². The first-order chi connectivity index (χ1) is 9.52. The van der Waals surface area contributed by atoms with Crippen LogP contribution in [0.1, 0.15) is 16.7 Å². The highest BCUT2D eigenvalue weighted by atomic mass is 32.1. The van der Waals surface area contributed by atoms with Gasteiger partial charge < -0.3 is 15.6 Å². The fraction of sp³-hybridized carbons (Fsp3) is 0.333. The monoisotopic (exact) mass is 289 g/mol. The Morgan fingerprint density at radius 2 is 2.00 bits per heavy atom. The molecule has 1 heterocycles. The molecular weight excluding hydrogens is 270 g/mol. The zero-order valence-electron chi connectivity index (χ0n) is 12.0. The fourth-order valence-corrected chi connectivity index (χ4v) is 2.31. The lowest BCUT2D eigenvalue weighted by atomic mass is 10.0. The lowest BCUT2D eigenvalue weighted by Crippen LogP contribution is -2.34. The van der Waals surface area contributed by atoms with E-state index in [0.29, 0.717) is 18.1 Å². The Morgan fingerprint density at radius 3 is 2.70 bits per heavy atom. The molecule has 106 valence electrons. The van der Waals surface area contributed by atoms with E-state index in [2.05, 4.69) is 28.6 Å². The van der Waals surface area contributed by atoms with Crippen molar-refractivity contribution in [3.05, 3.63) is 45.2 Å². The molecule has 5 heteroatoms. The number of rotatable bonds is 3. The fourth-order valence-electron chi connectivity index (χ4n) is 2.20. The quantitative estimate of drug-likeness (QED) is 0.754. The van der Waals surface area contributed by atoms with Gasteiger partial charge in [-0.25, -0.2) is 0 Å². The van der Waals surface area contributed by atoms with Crippen LogP contribution in [0.3, 0.4) is 0 Å². The summed E-state index contributed by atoms with van der Waals surface area (Å²) >= 11 is 5.01. The zero-order chi connectivity index (χ0) is 14.7. The van der Waals surface area contributed by atoms with Gasteiger partial charge in [-0.2, -0.15) is 0 Å². The van der Waals surface area contributed by atoms with E-state index in [1.54, 1.807) is 7.05 Å². The van der Waals surface area contributed by atoms with Crippen LogP contribution < -0.4 is 16.2 Å². The van der Waals surface area contributed by atoms with E-state index in [1.807, 2.05) is 19.1 Å². The van der Waals surface area contributed by atoms with Gasteiger partial charge in [0.15, 0.2) is 5.11 Å². The standard InChI is InChI=1S/C15H19N3OS/c1-9-4-5-10(2)13-12(9)8-11(14(19)18-13)6-7-17-15(20)16-3/h4-5,8H,6-7H2,1-3H3,(H,18,19)(H2,16,17,20). The van der Waals surface area contributed by atoms with Crippen molar-refractivity contribution < 1.29 is 0 Å². The number of aryl methyl sites for hydroxylation is 2. The highest BCUT2D eigenvalue weighted by Gasteiger charge is 2.06. The molecule has 4 nitrogen and oxygen atoms in total. The third-order valence-corrected chi connectivity index (χ3v) is 3.78. The minimum absolute atomic E-state index is 0.0247. The summed E-state index contributed by atoms with van der Waals surface area (Å²) in [6, 6.07) is 6.09. The number of thiocarbonyl (C=S) groups is 1. The predicted molar refractivity (Wildman–Crippen MR) is 87.4 cm³/mol. The second kappa shape index (κ2) is 6.05. The molecule has 0 unspecified atom stereocenters. The maximum atomic E-state index is 12.1. The van der Waals surface area contributed by atoms with Crippen LogP contribution in [-0.2, 0) is 6.42 Å². The molecule has 0 saturated carbocycles. The van der Waals surface area contributed by atoms with Gasteiger partial charge >= 0.3 is 0 Å². The summed E-state index contributed by atoms with van der Waals surface area (Å²) in [5.74, 6) is 0. The van der Waals surface area contributed by atoms with E-state index in [4.69, 9.17) is 12.2 Å². The maximum absolute atomic E-state index is 12.1. The predicted octanol–water partition coefficient (Wildman–Crippen LogP) is 1.78. The van der Waals surface area contributed by atoms with E-state index in [0.717, 1.165) is 22.0 Å². The molecule has 0 aliphatic heterocycles. The first kappa shape index (κ1) is 14.5. The third kappa shape index (κ3) is 2.99. The van der Waals surface area contributed by atoms with Gasteiger partial charge in [-0.15, -0.1) is 0 Å². The minimum atomic E-state index is -0.0247. The highest BCUT2D eigenvalue weighted by Crippen LogP contribution is 2.19. The molecule has 0 fully saturated rings. The van der Waals surface area contributed by atoms with Crippen molar-refractivity contribution in [1.29, 1.82) is 0 Å². The summed E-state index contributed by atoms with van der Waals surface area (Å²) in [4.78, 5) is 15.1. The number of aromatic amines is 1. The Balaban J connectivity index is 2.31. The van der Waals surface area contributed by atoms with E-state index >= 15 is 0 Å². The molecule has 0 atom stereocenters. The molecule has 0 aliphatic rings. The summed E-state index contributed by atoms with van der Waals surface area (Å²) in [6.07, 6.45) is 0.639. The van der Waals surface area contributed by atoms with Gasteiger partial charge in [0.25, 0.3) is 5.56 Å². The number of benzene rings is 1. The largest absolute Gasteiger partial charge is 0.366 e. The normalized spacial score (nSPS) is 10.6. The lowest BCUT2D eigenvalue weighted by Gasteiger charge is -2.09. The molecule has 20 heavy (non-hydrogen) atoms. The lowest BCUT2D eigenvalue weighted by molar-refractivity contribution is 0.843. The number of hydrogen-bond donors (Lipinski definition) is 3. The first-order valence-electron chi connectivity index (χ1n) is 6.60. The Bertz CT molecular complexity index is 706. The molecule has 2 rings (SSSR count). The van der Waals surface area contributed by atoms with Gasteiger partial charge in [-0.05, 0) is 49.7 Å². The zero-order valence-corrected chi connectivity index (χ0v) is 12.8. The molecule has 0 spiro atoms. The van der Waals surface area contributed by atoms with Crippen LogP contribution in [0.15, 0.2) is 23.0 Å². The molecule has 0 radical (unpaired) electrons. The van der Waals surface area contributed by atoms with Crippen molar-refractivity contribution >= 4 is 28.2 Å². The molecule has 0 bridgehead atoms. The van der Waals surface area contributed by atoms with Crippen molar-refractivity contribution in [2.24, 2.45) is 0 Å². The van der Waals surface area contributed by atoms with Gasteiger partial charge in [0.1, 0.15) is 0 Å². The van der Waals surface area contributed by atoms with Gasteiger partial charge in [0, 0.05) is 24.5 Å². The van der Waals surface area contributed by atoms with Crippen LogP contribution in [-0.4, -0.2) is 23.7 Å². The molecule has 0 aliphatic carbocycles. The Morgan fingerprint density at radius 1 is 1.30 bits per heavy atom. The summed E-state index contributed by atoms with van der Waals surface area (Å²) < 4.78 is 0. The molecule has 2 aromatic rings. The summed E-state index contributed by atoms with van der Waals surface area (Å²) in [5.41, 5.74) is 3.93. The van der Waals surface area contributed by atoms with Crippen LogP contribution in [0.5, 0.6) is 0 Å². The van der Waals surface area contributed by atoms with Crippen molar-refractivity contribution in [2.75, 3.05) is 13.6 Å². The van der Waals surface area contributed by atoms with Gasteiger partial charge in [-0.1, -0.05) is 12.1 Å². The Hall–Kier alpha value is -1.88. The third-order valence-electron chi connectivity index (χ3n) is 3.43. The second-order valence-electron chi connectivity index (χ2n) is 4.87. The summed E-state index contributed by atoms with van der Waals surface area (Å²) in [5, 5.41) is 7.60. The SMILES string of the molecule is CNC(=S)NCCc1cc2c(C)ccc(C)c2[nH]c1=O. The van der Waals surface area contributed by atoms with Gasteiger partial charge in [0.2, 0.25) is 0 Å². The van der Waals surface area contributed by atoms with E-state index in [9.17, 15) is 4.79 Å². The molecule has 1 aromatic heterocycles. The minimum Gasteiger partial charge on any atom is -0.366 e. The number of fused-ring (bicyclic) bond motifs is 1. The molecule has 1 aromatic carbocycles. The second-order valence-corrected chi connectivity index (χ2v) is 5.28. The van der Waals surface area contributed by atoms with Crippen LogP contribution in [0, 0.1) is 13.8 Å². The Kier molecular flexibility index (Phi) is 4.39. The summed E-state index contributed by atoms with van der Waals surface area (Å²) in [6.45, 7) is 4.70. The molecule has 0 amide bonds. The topological polar surface area (TPSA) is 56.9 Å². The average Bonchev–Trinajstić information content (AvgIpc) is 2.44. The van der Waals surface area contributed by atoms with Crippen LogP contribution in [0.2, 0.25) is 0 Å². The van der Waals surface area contributed by atoms with Crippen LogP contribution in [0.4, 0.5) is 0 Å². The van der Waals surface area contributed by atoms with Crippen LogP contribution >= 0.6 is 12.2 Å². The van der Waals surface area contributed by atoms with Crippen molar-refractivity contribution in [1.82, 2.24) is 15.6 Å². The van der Waals surface area contributed by atoms with E-state index in [1.165, 1.54) is 5.56 Å². The molecule has 0 saturated heterocycles. The van der Waals surface area contributed by atoms with Crippen molar-refractivity contribution in [3.8, 4) is 0 Å². The van der Waals surface area contributed by atoms with E-state index < -0.39 is 0 Å². The van der Waals surface area contributed by atoms with Crippen molar-refractivity contribution in [2.45, 2.75) is 20.3 Å². The average molecular weight is 289 g/mol. The number of hydrogen-bond acceptors (Lipinski definition) is 2. The summed E-state index contributed by atoms with van der Waals surface area (Å²) in [7, 11) is 1.77. The smallest absolute Gasteiger partial charge is 0.251 e. The van der Waals surface area contributed by atoms with Crippen LogP contribution in [0.25, 0.3) is 10.9 Å². The van der Waals surface area contributed by atoms with Gasteiger partial charge in [0.05, 0.1) is 5.52 Å². The highest BCUT2D eigenvalue weighted by molar-refractivity contribution is 7.80. The number of pyridine rings is 1. The maximum Gasteiger partial charge on any atom is 0.251 e. The number of H-pyrrole nitrogens is 1. The number of nitrogens with one attached hydrogen (secondary N) is 3. The first-order valence-corrected chi connectivity index (χ1v) is 7.01. The molecule has 3 N–H and O–H groups in total. The number of aromatic nitrogens is 1. The van der Waals surface area contributed by atoms with E-state index in [-0.39, 0.29) is 5.56 Å². The Labute approximate surface area is 123 Å². The van der Waals surface area contributed by atoms with Crippen molar-refractivity contribution in [3.63, 3.8) is 0 Å².